The van der Waals surface area contributed by atoms with E-state index >= 15 is 0 Å². The zero-order valence-electron chi connectivity index (χ0n) is 16.4. The molecular formula is C19H25N3O5S. The lowest BCUT2D eigenvalue weighted by atomic mass is 9.97. The maximum atomic E-state index is 12.5. The Balaban J connectivity index is 1.74. The van der Waals surface area contributed by atoms with Crippen molar-refractivity contribution >= 4 is 33.5 Å². The summed E-state index contributed by atoms with van der Waals surface area (Å²) in [5.41, 5.74) is 0.361. The summed E-state index contributed by atoms with van der Waals surface area (Å²) in [6.45, 7) is 7.95. The average molecular weight is 407 g/mol. The van der Waals surface area contributed by atoms with Gasteiger partial charge in [-0.15, -0.1) is 11.3 Å². The summed E-state index contributed by atoms with van der Waals surface area (Å²) in [7, 11) is 0. The topological polar surface area (TPSA) is 102 Å². The minimum Gasteiger partial charge on any atom is -0.466 e. The van der Waals surface area contributed by atoms with E-state index in [9.17, 15) is 14.4 Å². The Hall–Kier alpha value is -2.26. The number of carbonyl (C=O) groups is 2. The number of ether oxygens (including phenoxy) is 2. The molecule has 0 bridgehead atoms. The second-order valence-corrected chi connectivity index (χ2v) is 7.77. The van der Waals surface area contributed by atoms with Gasteiger partial charge in [0.25, 0.3) is 5.56 Å². The first-order chi connectivity index (χ1) is 13.4. The van der Waals surface area contributed by atoms with E-state index in [1.807, 2.05) is 6.92 Å². The molecule has 0 radical (unpaired) electrons. The Labute approximate surface area is 166 Å². The van der Waals surface area contributed by atoms with E-state index in [4.69, 9.17) is 9.47 Å². The SMILES string of the molecule is CCOC(=O)c1sc2nc(CN3CCC(C(=O)OCC)CC3)[nH]c(=O)c2c1C. The molecule has 1 N–H and O–H groups in total. The fourth-order valence-electron chi connectivity index (χ4n) is 3.45. The molecule has 0 atom stereocenters. The Bertz CT molecular complexity index is 928. The van der Waals surface area contributed by atoms with Crippen molar-refractivity contribution in [3.63, 3.8) is 0 Å². The van der Waals surface area contributed by atoms with E-state index < -0.39 is 5.97 Å². The molecule has 0 spiro atoms. The van der Waals surface area contributed by atoms with Gasteiger partial charge < -0.3 is 14.5 Å². The minimum absolute atomic E-state index is 0.0576. The third-order valence-electron chi connectivity index (χ3n) is 4.89. The summed E-state index contributed by atoms with van der Waals surface area (Å²) in [5, 5.41) is 0.442. The molecule has 9 heteroatoms. The molecule has 0 saturated carbocycles. The zero-order valence-corrected chi connectivity index (χ0v) is 17.2. The molecule has 1 saturated heterocycles. The maximum absolute atomic E-state index is 12.5. The third kappa shape index (κ3) is 4.25. The van der Waals surface area contributed by atoms with Crippen LogP contribution in [-0.2, 0) is 20.8 Å². The number of aromatic amines is 1. The second kappa shape index (κ2) is 8.83. The largest absolute Gasteiger partial charge is 0.466 e. The van der Waals surface area contributed by atoms with Crippen molar-refractivity contribution in [2.24, 2.45) is 5.92 Å². The number of piperidine rings is 1. The minimum atomic E-state index is -0.426. The first-order valence-electron chi connectivity index (χ1n) is 9.53. The predicted molar refractivity (Wildman–Crippen MR) is 106 cm³/mol. The highest BCUT2D eigenvalue weighted by atomic mass is 32.1. The number of aromatic nitrogens is 2. The van der Waals surface area contributed by atoms with Crippen LogP contribution < -0.4 is 5.56 Å². The van der Waals surface area contributed by atoms with Crippen LogP contribution in [-0.4, -0.2) is 53.1 Å². The van der Waals surface area contributed by atoms with Crippen LogP contribution in [0.5, 0.6) is 0 Å². The van der Waals surface area contributed by atoms with Crippen LogP contribution in [0.4, 0.5) is 0 Å². The molecule has 8 nitrogen and oxygen atoms in total. The van der Waals surface area contributed by atoms with E-state index in [2.05, 4.69) is 14.9 Å². The highest BCUT2D eigenvalue weighted by Crippen LogP contribution is 2.28. The average Bonchev–Trinajstić information content (AvgIpc) is 3.00. The molecular weight excluding hydrogens is 382 g/mol. The van der Waals surface area contributed by atoms with Crippen molar-refractivity contribution in [2.75, 3.05) is 26.3 Å². The number of rotatable bonds is 6. The molecule has 0 aliphatic carbocycles. The van der Waals surface area contributed by atoms with Crippen LogP contribution in [0.3, 0.4) is 0 Å². The number of esters is 2. The van der Waals surface area contributed by atoms with Gasteiger partial charge in [-0.3, -0.25) is 14.5 Å². The monoisotopic (exact) mass is 407 g/mol. The highest BCUT2D eigenvalue weighted by Gasteiger charge is 2.27. The molecule has 2 aromatic heterocycles. The summed E-state index contributed by atoms with van der Waals surface area (Å²) in [6, 6.07) is 0. The van der Waals surface area contributed by atoms with Gasteiger partial charge in [-0.25, -0.2) is 9.78 Å². The molecule has 0 unspecified atom stereocenters. The molecule has 3 rings (SSSR count). The number of aryl methyl sites for hydroxylation is 1. The van der Waals surface area contributed by atoms with Crippen molar-refractivity contribution < 1.29 is 19.1 Å². The number of likely N-dealkylation sites (tertiary alicyclic amines) is 1. The Kier molecular flexibility index (Phi) is 6.46. The number of hydrogen-bond donors (Lipinski definition) is 1. The number of nitrogens with one attached hydrogen (secondary N) is 1. The number of H-pyrrole nitrogens is 1. The standard InChI is InChI=1S/C19H25N3O5S/c1-4-26-18(24)12-6-8-22(9-7-12)10-13-20-16(23)14-11(3)15(19(25)27-5-2)28-17(14)21-13/h12H,4-10H2,1-3H3,(H,20,21,23). The molecule has 3 heterocycles. The number of fused-ring (bicyclic) bond motifs is 1. The van der Waals surface area contributed by atoms with Gasteiger partial charge in [0.15, 0.2) is 0 Å². The van der Waals surface area contributed by atoms with E-state index in [-0.39, 0.29) is 24.1 Å². The van der Waals surface area contributed by atoms with Gasteiger partial charge in [0, 0.05) is 0 Å². The zero-order chi connectivity index (χ0) is 20.3. The van der Waals surface area contributed by atoms with Crippen LogP contribution in [0.25, 0.3) is 10.2 Å². The van der Waals surface area contributed by atoms with Crippen LogP contribution in [0, 0.1) is 12.8 Å². The van der Waals surface area contributed by atoms with Crippen LogP contribution >= 0.6 is 11.3 Å². The van der Waals surface area contributed by atoms with Gasteiger partial charge in [-0.1, -0.05) is 0 Å². The van der Waals surface area contributed by atoms with Gasteiger partial charge in [-0.2, -0.15) is 0 Å². The van der Waals surface area contributed by atoms with Crippen molar-refractivity contribution in [1.29, 1.82) is 0 Å². The number of carbonyl (C=O) groups excluding carboxylic acids is 2. The van der Waals surface area contributed by atoms with E-state index in [1.54, 1.807) is 13.8 Å². The lowest BCUT2D eigenvalue weighted by molar-refractivity contribution is -0.149. The molecule has 0 aromatic carbocycles. The summed E-state index contributed by atoms with van der Waals surface area (Å²) in [6.07, 6.45) is 1.47. The predicted octanol–water partition coefficient (Wildman–Crippen LogP) is 2.24. The lowest BCUT2D eigenvalue weighted by Gasteiger charge is -2.30. The van der Waals surface area contributed by atoms with Gasteiger partial charge in [0.1, 0.15) is 15.5 Å². The van der Waals surface area contributed by atoms with Gasteiger partial charge >= 0.3 is 11.9 Å². The van der Waals surface area contributed by atoms with Crippen molar-refractivity contribution in [2.45, 2.75) is 40.2 Å². The molecule has 152 valence electrons. The maximum Gasteiger partial charge on any atom is 0.348 e. The van der Waals surface area contributed by atoms with E-state index in [0.29, 0.717) is 39.6 Å². The third-order valence-corrected chi connectivity index (χ3v) is 6.06. The van der Waals surface area contributed by atoms with Crippen LogP contribution in [0.1, 0.15) is 47.7 Å². The highest BCUT2D eigenvalue weighted by molar-refractivity contribution is 7.20. The Morgan fingerprint density at radius 1 is 1.21 bits per heavy atom. The quantitative estimate of drug-likeness (QED) is 0.733. The Morgan fingerprint density at radius 3 is 2.54 bits per heavy atom. The molecule has 1 aliphatic rings. The van der Waals surface area contributed by atoms with Crippen molar-refractivity contribution in [3.8, 4) is 0 Å². The van der Waals surface area contributed by atoms with Gasteiger partial charge in [0.2, 0.25) is 0 Å². The number of nitrogens with zero attached hydrogens (tertiary/aromatic N) is 2. The molecule has 0 amide bonds. The summed E-state index contributed by atoms with van der Waals surface area (Å²) in [5.74, 6) is -0.0536. The summed E-state index contributed by atoms with van der Waals surface area (Å²) in [4.78, 5) is 47.0. The Morgan fingerprint density at radius 2 is 1.89 bits per heavy atom. The molecule has 2 aromatic rings. The molecule has 28 heavy (non-hydrogen) atoms. The van der Waals surface area contributed by atoms with Gasteiger partial charge in [-0.05, 0) is 52.3 Å². The molecule has 1 fully saturated rings. The summed E-state index contributed by atoms with van der Waals surface area (Å²) < 4.78 is 10.2. The summed E-state index contributed by atoms with van der Waals surface area (Å²) >= 11 is 1.19. The lowest BCUT2D eigenvalue weighted by Crippen LogP contribution is -2.37. The fraction of sp³-hybridized carbons (Fsp3) is 0.579. The first-order valence-corrected chi connectivity index (χ1v) is 10.3. The molecule has 1 aliphatic heterocycles. The number of hydrogen-bond acceptors (Lipinski definition) is 8. The van der Waals surface area contributed by atoms with Gasteiger partial charge in [0.05, 0.1) is 31.1 Å². The second-order valence-electron chi connectivity index (χ2n) is 6.77. The normalized spacial score (nSPS) is 15.7. The van der Waals surface area contributed by atoms with Crippen LogP contribution in [0.2, 0.25) is 0 Å². The van der Waals surface area contributed by atoms with Crippen LogP contribution in [0.15, 0.2) is 4.79 Å². The smallest absolute Gasteiger partial charge is 0.348 e. The first kappa shape index (κ1) is 20.5. The van der Waals surface area contributed by atoms with E-state index in [1.165, 1.54) is 11.3 Å². The van der Waals surface area contributed by atoms with Crippen molar-refractivity contribution in [1.82, 2.24) is 14.9 Å². The fourth-order valence-corrected chi connectivity index (χ4v) is 4.55. The number of thiophene rings is 1. The van der Waals surface area contributed by atoms with Crippen molar-refractivity contribution in [3.05, 3.63) is 26.6 Å². The van der Waals surface area contributed by atoms with E-state index in [0.717, 1.165) is 25.9 Å².